The number of carboxylic acid groups (broad SMARTS) is 1. The Balaban J connectivity index is 2.84. The SMILES string of the molecule is CCC(CC)C(=O)NCC(C)(C(=O)O)c1ccccc1. The van der Waals surface area contributed by atoms with E-state index in [0.29, 0.717) is 5.56 Å². The lowest BCUT2D eigenvalue weighted by Crippen LogP contribution is -2.45. The van der Waals surface area contributed by atoms with Gasteiger partial charge in [0.15, 0.2) is 0 Å². The van der Waals surface area contributed by atoms with Crippen molar-refractivity contribution in [3.05, 3.63) is 35.9 Å². The van der Waals surface area contributed by atoms with Crippen molar-refractivity contribution in [2.45, 2.75) is 39.0 Å². The Bertz CT molecular complexity index is 454. The van der Waals surface area contributed by atoms with E-state index in [1.807, 2.05) is 19.9 Å². The molecule has 0 heterocycles. The van der Waals surface area contributed by atoms with Crippen LogP contribution in [0.25, 0.3) is 0 Å². The third kappa shape index (κ3) is 3.59. The lowest BCUT2D eigenvalue weighted by atomic mass is 9.82. The normalized spacial score (nSPS) is 13.8. The average Bonchev–Trinajstić information content (AvgIpc) is 2.46. The third-order valence-electron chi connectivity index (χ3n) is 3.86. The maximum Gasteiger partial charge on any atom is 0.315 e. The summed E-state index contributed by atoms with van der Waals surface area (Å²) in [4.78, 5) is 23.6. The fourth-order valence-corrected chi connectivity index (χ4v) is 2.17. The molecule has 1 aromatic rings. The van der Waals surface area contributed by atoms with E-state index in [4.69, 9.17) is 0 Å². The van der Waals surface area contributed by atoms with Gasteiger partial charge in [0.1, 0.15) is 5.41 Å². The molecule has 1 amide bonds. The predicted molar refractivity (Wildman–Crippen MR) is 78.5 cm³/mol. The number of rotatable bonds is 7. The highest BCUT2D eigenvalue weighted by Gasteiger charge is 2.35. The minimum Gasteiger partial charge on any atom is -0.481 e. The lowest BCUT2D eigenvalue weighted by Gasteiger charge is -2.26. The molecule has 0 bridgehead atoms. The van der Waals surface area contributed by atoms with Crippen LogP contribution in [0.1, 0.15) is 39.2 Å². The maximum absolute atomic E-state index is 12.0. The van der Waals surface area contributed by atoms with E-state index >= 15 is 0 Å². The molecule has 0 saturated heterocycles. The van der Waals surface area contributed by atoms with Gasteiger partial charge in [0, 0.05) is 12.5 Å². The highest BCUT2D eigenvalue weighted by molar-refractivity contribution is 5.83. The first kappa shape index (κ1) is 16.2. The molecule has 4 heteroatoms. The second kappa shape index (κ2) is 7.08. The van der Waals surface area contributed by atoms with Crippen LogP contribution >= 0.6 is 0 Å². The zero-order valence-corrected chi connectivity index (χ0v) is 12.3. The van der Waals surface area contributed by atoms with Crippen LogP contribution in [0.2, 0.25) is 0 Å². The Morgan fingerprint density at radius 2 is 1.75 bits per heavy atom. The molecule has 0 aliphatic carbocycles. The first-order chi connectivity index (χ1) is 9.45. The van der Waals surface area contributed by atoms with Crippen LogP contribution in [-0.4, -0.2) is 23.5 Å². The van der Waals surface area contributed by atoms with E-state index in [-0.39, 0.29) is 18.4 Å². The molecular formula is C16H23NO3. The van der Waals surface area contributed by atoms with Crippen molar-refractivity contribution in [1.82, 2.24) is 5.32 Å². The molecular weight excluding hydrogens is 254 g/mol. The van der Waals surface area contributed by atoms with Crippen molar-refractivity contribution in [1.29, 1.82) is 0 Å². The predicted octanol–water partition coefficient (Wildman–Crippen LogP) is 2.58. The summed E-state index contributed by atoms with van der Waals surface area (Å²) >= 11 is 0. The van der Waals surface area contributed by atoms with Gasteiger partial charge in [-0.25, -0.2) is 0 Å². The molecule has 0 fully saturated rings. The summed E-state index contributed by atoms with van der Waals surface area (Å²) in [7, 11) is 0. The first-order valence-corrected chi connectivity index (χ1v) is 7.02. The summed E-state index contributed by atoms with van der Waals surface area (Å²) in [5.41, 5.74) is -0.416. The molecule has 0 spiro atoms. The zero-order chi connectivity index (χ0) is 15.2. The number of carbonyl (C=O) groups excluding carboxylic acids is 1. The number of hydrogen-bond donors (Lipinski definition) is 2. The minimum absolute atomic E-state index is 0.0520. The van der Waals surface area contributed by atoms with Crippen LogP contribution in [0.15, 0.2) is 30.3 Å². The molecule has 0 saturated carbocycles. The average molecular weight is 277 g/mol. The van der Waals surface area contributed by atoms with Gasteiger partial charge in [-0.2, -0.15) is 0 Å². The van der Waals surface area contributed by atoms with Gasteiger partial charge in [0.2, 0.25) is 5.91 Å². The van der Waals surface area contributed by atoms with Gasteiger partial charge >= 0.3 is 5.97 Å². The Kier molecular flexibility index (Phi) is 5.74. The second-order valence-electron chi connectivity index (χ2n) is 5.23. The molecule has 1 atom stereocenters. The molecule has 2 N–H and O–H groups in total. The third-order valence-corrected chi connectivity index (χ3v) is 3.86. The van der Waals surface area contributed by atoms with Crippen LogP contribution in [0.3, 0.4) is 0 Å². The molecule has 1 unspecified atom stereocenters. The van der Waals surface area contributed by atoms with Gasteiger partial charge in [-0.05, 0) is 25.3 Å². The van der Waals surface area contributed by atoms with Gasteiger partial charge in [-0.15, -0.1) is 0 Å². The van der Waals surface area contributed by atoms with E-state index < -0.39 is 11.4 Å². The maximum atomic E-state index is 12.0. The molecule has 4 nitrogen and oxygen atoms in total. The molecule has 20 heavy (non-hydrogen) atoms. The van der Waals surface area contributed by atoms with Crippen molar-refractivity contribution >= 4 is 11.9 Å². The smallest absolute Gasteiger partial charge is 0.315 e. The fraction of sp³-hybridized carbons (Fsp3) is 0.500. The van der Waals surface area contributed by atoms with Crippen molar-refractivity contribution in [3.8, 4) is 0 Å². The number of nitrogens with one attached hydrogen (secondary N) is 1. The van der Waals surface area contributed by atoms with Crippen molar-refractivity contribution in [2.75, 3.05) is 6.54 Å². The summed E-state index contributed by atoms with van der Waals surface area (Å²) in [6.45, 7) is 5.65. The highest BCUT2D eigenvalue weighted by Crippen LogP contribution is 2.23. The van der Waals surface area contributed by atoms with E-state index in [0.717, 1.165) is 12.8 Å². The summed E-state index contributed by atoms with van der Waals surface area (Å²) in [6.07, 6.45) is 1.52. The summed E-state index contributed by atoms with van der Waals surface area (Å²) in [5, 5.41) is 12.3. The van der Waals surface area contributed by atoms with Crippen LogP contribution in [0.5, 0.6) is 0 Å². The van der Waals surface area contributed by atoms with Crippen LogP contribution < -0.4 is 5.32 Å². The van der Waals surface area contributed by atoms with Gasteiger partial charge in [-0.1, -0.05) is 44.2 Å². The standard InChI is InChI=1S/C16H23NO3/c1-4-12(5-2)14(18)17-11-16(3,15(19)20)13-9-7-6-8-10-13/h6-10,12H,4-5,11H2,1-3H3,(H,17,18)(H,19,20). The quantitative estimate of drug-likeness (QED) is 0.805. The minimum atomic E-state index is -1.11. The number of aliphatic carboxylic acids is 1. The summed E-state index contributed by atoms with van der Waals surface area (Å²) < 4.78 is 0. The van der Waals surface area contributed by atoms with Crippen LogP contribution in [-0.2, 0) is 15.0 Å². The van der Waals surface area contributed by atoms with Crippen LogP contribution in [0.4, 0.5) is 0 Å². The molecule has 0 aliphatic rings. The van der Waals surface area contributed by atoms with Crippen molar-refractivity contribution in [2.24, 2.45) is 5.92 Å². The number of carboxylic acids is 1. The summed E-state index contributed by atoms with van der Waals surface area (Å²) in [6, 6.07) is 9.00. The number of amides is 1. The number of carbonyl (C=O) groups is 2. The van der Waals surface area contributed by atoms with Gasteiger partial charge in [0.05, 0.1) is 0 Å². The van der Waals surface area contributed by atoms with E-state index in [9.17, 15) is 14.7 Å². The van der Waals surface area contributed by atoms with E-state index in [1.54, 1.807) is 31.2 Å². The topological polar surface area (TPSA) is 66.4 Å². The van der Waals surface area contributed by atoms with Gasteiger partial charge < -0.3 is 10.4 Å². The molecule has 0 aliphatic heterocycles. The fourth-order valence-electron chi connectivity index (χ4n) is 2.17. The van der Waals surface area contributed by atoms with Gasteiger partial charge in [0.25, 0.3) is 0 Å². The van der Waals surface area contributed by atoms with Crippen LogP contribution in [0, 0.1) is 5.92 Å². The Hall–Kier alpha value is -1.84. The van der Waals surface area contributed by atoms with E-state index in [2.05, 4.69) is 5.32 Å². The lowest BCUT2D eigenvalue weighted by molar-refractivity contribution is -0.143. The molecule has 1 aromatic carbocycles. The second-order valence-corrected chi connectivity index (χ2v) is 5.23. The Morgan fingerprint density at radius 1 is 1.20 bits per heavy atom. The molecule has 0 aromatic heterocycles. The summed E-state index contributed by atoms with van der Waals surface area (Å²) in [5.74, 6) is -1.06. The Labute approximate surface area is 120 Å². The van der Waals surface area contributed by atoms with Gasteiger partial charge in [-0.3, -0.25) is 9.59 Å². The number of benzene rings is 1. The Morgan fingerprint density at radius 3 is 2.20 bits per heavy atom. The molecule has 110 valence electrons. The monoisotopic (exact) mass is 277 g/mol. The van der Waals surface area contributed by atoms with Crippen molar-refractivity contribution in [3.63, 3.8) is 0 Å². The largest absolute Gasteiger partial charge is 0.481 e. The first-order valence-electron chi connectivity index (χ1n) is 7.02. The zero-order valence-electron chi connectivity index (χ0n) is 12.3. The molecule has 1 rings (SSSR count). The van der Waals surface area contributed by atoms with Crippen molar-refractivity contribution < 1.29 is 14.7 Å². The molecule has 0 radical (unpaired) electrons. The van der Waals surface area contributed by atoms with E-state index in [1.165, 1.54) is 0 Å². The number of hydrogen-bond acceptors (Lipinski definition) is 2. The highest BCUT2D eigenvalue weighted by atomic mass is 16.4.